The minimum absolute atomic E-state index is 0.0354. The molecule has 0 aliphatic rings. The summed E-state index contributed by atoms with van der Waals surface area (Å²) in [4.78, 5) is 28.1. The molecule has 0 saturated heterocycles. The van der Waals surface area contributed by atoms with E-state index in [4.69, 9.17) is 9.15 Å². The average molecular weight is 500 g/mol. The van der Waals surface area contributed by atoms with E-state index in [1.54, 1.807) is 68.4 Å². The van der Waals surface area contributed by atoms with Crippen molar-refractivity contribution >= 4 is 27.5 Å². The number of para-hydroxylation sites is 2. The maximum absolute atomic E-state index is 13.5. The average Bonchev–Trinajstić information content (AvgIpc) is 3.38. The molecule has 35 heavy (non-hydrogen) atoms. The molecular weight excluding hydrogens is 470 g/mol. The summed E-state index contributed by atoms with van der Waals surface area (Å²) in [6.07, 6.45) is 1.50. The molecule has 0 fully saturated rings. The number of carbonyl (C=O) groups excluding carboxylic acids is 2. The number of carbonyl (C=O) groups is 2. The van der Waals surface area contributed by atoms with Crippen molar-refractivity contribution in [2.24, 2.45) is 5.92 Å². The first-order valence-corrected chi connectivity index (χ1v) is 12.5. The fourth-order valence-corrected chi connectivity index (χ4v) is 4.60. The highest BCUT2D eigenvalue weighted by Gasteiger charge is 2.35. The number of hydrogen-bond donors (Lipinski definition) is 2. The minimum Gasteiger partial charge on any atom is -0.495 e. The number of sulfonamides is 1. The molecule has 0 aliphatic heterocycles. The molecule has 9 nitrogen and oxygen atoms in total. The molecule has 3 aromatic rings. The van der Waals surface area contributed by atoms with Crippen molar-refractivity contribution in [2.75, 3.05) is 18.6 Å². The maximum atomic E-state index is 13.5. The first-order chi connectivity index (χ1) is 16.7. The molecule has 0 radical (unpaired) electrons. The van der Waals surface area contributed by atoms with E-state index in [9.17, 15) is 18.0 Å². The number of furan rings is 1. The molecule has 1 aromatic heterocycles. The number of amides is 2. The highest BCUT2D eigenvalue weighted by Crippen LogP contribution is 2.31. The molecule has 0 bridgehead atoms. The van der Waals surface area contributed by atoms with Gasteiger partial charge in [-0.1, -0.05) is 44.2 Å². The molecule has 186 valence electrons. The number of rotatable bonds is 11. The zero-order valence-electron chi connectivity index (χ0n) is 19.8. The van der Waals surface area contributed by atoms with Crippen LogP contribution in [0.2, 0.25) is 0 Å². The first kappa shape index (κ1) is 26.0. The second-order valence-corrected chi connectivity index (χ2v) is 9.83. The van der Waals surface area contributed by atoms with E-state index in [-0.39, 0.29) is 17.4 Å². The Labute approximate surface area is 205 Å². The van der Waals surface area contributed by atoms with E-state index < -0.39 is 34.4 Å². The van der Waals surface area contributed by atoms with Gasteiger partial charge in [0.2, 0.25) is 21.8 Å². The van der Waals surface area contributed by atoms with E-state index in [0.29, 0.717) is 17.2 Å². The van der Waals surface area contributed by atoms with Gasteiger partial charge in [0.15, 0.2) is 0 Å². The van der Waals surface area contributed by atoms with Crippen LogP contribution in [0.5, 0.6) is 5.75 Å². The van der Waals surface area contributed by atoms with Crippen LogP contribution < -0.4 is 19.7 Å². The number of ether oxygens (including phenoxy) is 1. The molecule has 2 aromatic carbocycles. The van der Waals surface area contributed by atoms with Crippen LogP contribution in [0.4, 0.5) is 5.69 Å². The van der Waals surface area contributed by atoms with Crippen LogP contribution in [0.25, 0.3) is 0 Å². The second-order valence-electron chi connectivity index (χ2n) is 8.06. The van der Waals surface area contributed by atoms with Gasteiger partial charge < -0.3 is 14.5 Å². The summed E-state index contributed by atoms with van der Waals surface area (Å²) >= 11 is 0. The lowest BCUT2D eigenvalue weighted by molar-refractivity contribution is -0.127. The Hall–Kier alpha value is -3.63. The molecule has 0 aliphatic carbocycles. The summed E-state index contributed by atoms with van der Waals surface area (Å²) in [5, 5.41) is 2.80. The normalized spacial score (nSPS) is 12.2. The van der Waals surface area contributed by atoms with Crippen LogP contribution in [0.1, 0.15) is 19.6 Å². The number of benzene rings is 2. The van der Waals surface area contributed by atoms with Crippen molar-refractivity contribution in [3.63, 3.8) is 0 Å². The lowest BCUT2D eigenvalue weighted by Crippen LogP contribution is -2.54. The van der Waals surface area contributed by atoms with Gasteiger partial charge in [-0.25, -0.2) is 13.1 Å². The van der Waals surface area contributed by atoms with Crippen LogP contribution in [-0.2, 0) is 26.2 Å². The topological polar surface area (TPSA) is 118 Å². The minimum atomic E-state index is -3.93. The van der Waals surface area contributed by atoms with Crippen LogP contribution in [-0.4, -0.2) is 39.9 Å². The van der Waals surface area contributed by atoms with E-state index in [1.807, 2.05) is 0 Å². The van der Waals surface area contributed by atoms with E-state index in [1.165, 1.54) is 30.4 Å². The van der Waals surface area contributed by atoms with Crippen molar-refractivity contribution in [1.29, 1.82) is 0 Å². The number of nitrogens with one attached hydrogen (secondary N) is 2. The van der Waals surface area contributed by atoms with Gasteiger partial charge in [-0.05, 0) is 42.3 Å². The third kappa shape index (κ3) is 6.49. The Kier molecular flexibility index (Phi) is 8.67. The monoisotopic (exact) mass is 499 g/mol. The summed E-state index contributed by atoms with van der Waals surface area (Å²) in [5.41, 5.74) is 0.353. The Bertz CT molecular complexity index is 1230. The smallest absolute Gasteiger partial charge is 0.243 e. The first-order valence-electron chi connectivity index (χ1n) is 11.0. The van der Waals surface area contributed by atoms with Gasteiger partial charge >= 0.3 is 0 Å². The van der Waals surface area contributed by atoms with Crippen molar-refractivity contribution < 1.29 is 27.2 Å². The summed E-state index contributed by atoms with van der Waals surface area (Å²) in [6.45, 7) is 3.20. The van der Waals surface area contributed by atoms with Crippen molar-refractivity contribution in [3.05, 3.63) is 78.8 Å². The van der Waals surface area contributed by atoms with Gasteiger partial charge in [0.25, 0.3) is 0 Å². The van der Waals surface area contributed by atoms with Gasteiger partial charge in [-0.15, -0.1) is 0 Å². The SMILES string of the molecule is COc1ccccc1N(C(=O)CNS(=O)(=O)c1ccccc1)[C@H](C(=O)NCc1ccco1)C(C)C. The van der Waals surface area contributed by atoms with Gasteiger partial charge in [-0.3, -0.25) is 14.5 Å². The third-order valence-corrected chi connectivity index (χ3v) is 6.69. The Morgan fingerprint density at radius 1 is 1.00 bits per heavy atom. The molecule has 2 amide bonds. The fraction of sp³-hybridized carbons (Fsp3) is 0.280. The van der Waals surface area contributed by atoms with Crippen LogP contribution in [0, 0.1) is 5.92 Å². The molecule has 0 spiro atoms. The number of hydrogen-bond acceptors (Lipinski definition) is 6. The largest absolute Gasteiger partial charge is 0.495 e. The standard InChI is InChI=1S/C25H29N3O6S/c1-18(2)24(25(30)26-16-19-10-9-15-34-19)28(21-13-7-8-14-22(21)33-3)23(29)17-27-35(31,32)20-11-5-4-6-12-20/h4-15,18,24,27H,16-17H2,1-3H3,(H,26,30)/t24-/m0/s1. The van der Waals surface area contributed by atoms with E-state index in [0.717, 1.165) is 0 Å². The fourth-order valence-electron chi connectivity index (χ4n) is 3.60. The van der Waals surface area contributed by atoms with Crippen molar-refractivity contribution in [2.45, 2.75) is 31.3 Å². The lowest BCUT2D eigenvalue weighted by Gasteiger charge is -2.34. The van der Waals surface area contributed by atoms with Gasteiger partial charge in [-0.2, -0.15) is 0 Å². The third-order valence-electron chi connectivity index (χ3n) is 5.28. The number of nitrogens with zero attached hydrogens (tertiary/aromatic N) is 1. The van der Waals surface area contributed by atoms with Crippen LogP contribution in [0.15, 0.2) is 82.3 Å². The van der Waals surface area contributed by atoms with Crippen LogP contribution in [0.3, 0.4) is 0 Å². The maximum Gasteiger partial charge on any atom is 0.243 e. The second kappa shape index (κ2) is 11.7. The summed E-state index contributed by atoms with van der Waals surface area (Å²) in [5.74, 6) is -0.406. The predicted molar refractivity (Wildman–Crippen MR) is 131 cm³/mol. The number of methoxy groups -OCH3 is 1. The lowest BCUT2D eigenvalue weighted by atomic mass is 10.00. The van der Waals surface area contributed by atoms with Crippen molar-refractivity contribution in [1.82, 2.24) is 10.0 Å². The summed E-state index contributed by atoms with van der Waals surface area (Å²) in [7, 11) is -2.48. The molecule has 2 N–H and O–H groups in total. The van der Waals surface area contributed by atoms with E-state index in [2.05, 4.69) is 10.0 Å². The van der Waals surface area contributed by atoms with Crippen LogP contribution >= 0.6 is 0 Å². The van der Waals surface area contributed by atoms with Gasteiger partial charge in [0.05, 0.1) is 37.0 Å². The molecule has 3 rings (SSSR count). The molecule has 1 atom stereocenters. The zero-order valence-corrected chi connectivity index (χ0v) is 20.6. The summed E-state index contributed by atoms with van der Waals surface area (Å²) in [6, 6.07) is 17.0. The quantitative estimate of drug-likeness (QED) is 0.419. The summed E-state index contributed by atoms with van der Waals surface area (Å²) < 4.78 is 38.5. The van der Waals surface area contributed by atoms with Crippen molar-refractivity contribution in [3.8, 4) is 5.75 Å². The molecule has 0 saturated carbocycles. The molecule has 1 heterocycles. The predicted octanol–water partition coefficient (Wildman–Crippen LogP) is 2.94. The highest BCUT2D eigenvalue weighted by atomic mass is 32.2. The Balaban J connectivity index is 1.91. The van der Waals surface area contributed by atoms with E-state index >= 15 is 0 Å². The highest BCUT2D eigenvalue weighted by molar-refractivity contribution is 7.89. The molecule has 10 heteroatoms. The van der Waals surface area contributed by atoms with Gasteiger partial charge in [0, 0.05) is 0 Å². The number of anilines is 1. The Morgan fingerprint density at radius 2 is 1.69 bits per heavy atom. The van der Waals surface area contributed by atoms with Gasteiger partial charge in [0.1, 0.15) is 17.6 Å². The zero-order chi connectivity index (χ0) is 25.4. The molecular formula is C25H29N3O6S. The Morgan fingerprint density at radius 3 is 2.31 bits per heavy atom. The molecule has 0 unspecified atom stereocenters.